The normalized spacial score (nSPS) is 26.7. The number of amides is 1. The Kier molecular flexibility index (Phi) is 5.99. The molecule has 3 N–H and O–H groups in total. The van der Waals surface area contributed by atoms with E-state index in [4.69, 9.17) is 5.11 Å². The Labute approximate surface area is 126 Å². The van der Waals surface area contributed by atoms with E-state index < -0.39 is 5.97 Å². The molecule has 2 heterocycles. The van der Waals surface area contributed by atoms with Crippen LogP contribution in [0.25, 0.3) is 0 Å². The van der Waals surface area contributed by atoms with Crippen LogP contribution in [-0.4, -0.2) is 61.2 Å². The number of nitrogens with zero attached hydrogens (tertiary/aromatic N) is 1. The summed E-state index contributed by atoms with van der Waals surface area (Å²) in [4.78, 5) is 24.6. The van der Waals surface area contributed by atoms with Gasteiger partial charge in [0, 0.05) is 26.1 Å². The quantitative estimate of drug-likeness (QED) is 0.620. The number of nitrogens with one attached hydrogen (secondary N) is 2. The highest BCUT2D eigenvalue weighted by Gasteiger charge is 2.36. The first-order valence-electron chi connectivity index (χ1n) is 8.01. The van der Waals surface area contributed by atoms with Crippen molar-refractivity contribution in [2.75, 3.05) is 39.3 Å². The van der Waals surface area contributed by atoms with E-state index in [1.807, 2.05) is 0 Å². The largest absolute Gasteiger partial charge is 0.481 e. The maximum absolute atomic E-state index is 11.9. The van der Waals surface area contributed by atoms with Gasteiger partial charge >= 0.3 is 5.97 Å². The molecule has 0 aromatic carbocycles. The van der Waals surface area contributed by atoms with Crippen molar-refractivity contribution in [1.29, 1.82) is 0 Å². The molecule has 2 saturated heterocycles. The summed E-state index contributed by atoms with van der Waals surface area (Å²) >= 11 is 0. The Hall–Kier alpha value is -1.14. The van der Waals surface area contributed by atoms with Gasteiger partial charge in [0.25, 0.3) is 0 Å². The van der Waals surface area contributed by atoms with Crippen molar-refractivity contribution in [2.45, 2.75) is 38.5 Å². The Bertz CT molecular complexity index is 362. The second-order valence-electron chi connectivity index (χ2n) is 6.44. The molecule has 1 spiro atoms. The van der Waals surface area contributed by atoms with Crippen LogP contribution in [-0.2, 0) is 9.59 Å². The molecule has 2 aliphatic heterocycles. The molecule has 0 aromatic rings. The van der Waals surface area contributed by atoms with Crippen LogP contribution in [0, 0.1) is 5.41 Å². The van der Waals surface area contributed by atoms with Crippen LogP contribution in [0.15, 0.2) is 0 Å². The van der Waals surface area contributed by atoms with Gasteiger partial charge in [-0.3, -0.25) is 14.5 Å². The molecule has 120 valence electrons. The smallest absolute Gasteiger partial charge is 0.303 e. The summed E-state index contributed by atoms with van der Waals surface area (Å²) in [7, 11) is 0. The van der Waals surface area contributed by atoms with Crippen molar-refractivity contribution in [3.63, 3.8) is 0 Å². The van der Waals surface area contributed by atoms with Crippen LogP contribution in [0.2, 0.25) is 0 Å². The van der Waals surface area contributed by atoms with E-state index in [1.54, 1.807) is 0 Å². The summed E-state index contributed by atoms with van der Waals surface area (Å²) in [6.45, 7) is 5.07. The lowest BCUT2D eigenvalue weighted by atomic mass is 9.74. The van der Waals surface area contributed by atoms with Gasteiger partial charge in [-0.1, -0.05) is 0 Å². The highest BCUT2D eigenvalue weighted by atomic mass is 16.4. The molecule has 1 amide bonds. The molecule has 2 rings (SSSR count). The molecule has 0 aromatic heterocycles. The van der Waals surface area contributed by atoms with Crippen molar-refractivity contribution < 1.29 is 14.7 Å². The molecule has 0 radical (unpaired) electrons. The number of carbonyl (C=O) groups excluding carboxylic acids is 1. The summed E-state index contributed by atoms with van der Waals surface area (Å²) in [6, 6.07) is 0. The van der Waals surface area contributed by atoms with Gasteiger partial charge in [0.1, 0.15) is 0 Å². The summed E-state index contributed by atoms with van der Waals surface area (Å²) in [6.07, 6.45) is 5.52. The average molecular weight is 297 g/mol. The molecule has 6 heteroatoms. The molecule has 2 fully saturated rings. The molecular formula is C15H27N3O3. The molecule has 1 atom stereocenters. The van der Waals surface area contributed by atoms with E-state index in [9.17, 15) is 9.59 Å². The molecule has 21 heavy (non-hydrogen) atoms. The van der Waals surface area contributed by atoms with Crippen molar-refractivity contribution in [2.24, 2.45) is 5.41 Å². The van der Waals surface area contributed by atoms with E-state index in [0.717, 1.165) is 32.6 Å². The molecule has 0 saturated carbocycles. The third-order valence-electron chi connectivity index (χ3n) is 4.56. The van der Waals surface area contributed by atoms with Crippen LogP contribution < -0.4 is 10.6 Å². The number of aliphatic carboxylic acids is 1. The summed E-state index contributed by atoms with van der Waals surface area (Å²) in [5, 5.41) is 14.9. The minimum Gasteiger partial charge on any atom is -0.481 e. The van der Waals surface area contributed by atoms with Gasteiger partial charge in [0.05, 0.1) is 6.54 Å². The summed E-state index contributed by atoms with van der Waals surface area (Å²) in [5.74, 6) is -0.798. The molecule has 2 aliphatic rings. The summed E-state index contributed by atoms with van der Waals surface area (Å²) < 4.78 is 0. The second kappa shape index (κ2) is 7.75. The predicted octanol–water partition coefficient (Wildman–Crippen LogP) is 0.433. The zero-order valence-electron chi connectivity index (χ0n) is 12.7. The van der Waals surface area contributed by atoms with Crippen molar-refractivity contribution >= 4 is 11.9 Å². The molecule has 0 bridgehead atoms. The lowest BCUT2D eigenvalue weighted by Gasteiger charge is -2.45. The number of hydrogen-bond acceptors (Lipinski definition) is 4. The first kappa shape index (κ1) is 16.2. The minimum atomic E-state index is -0.813. The molecule has 0 aliphatic carbocycles. The van der Waals surface area contributed by atoms with E-state index in [1.165, 1.54) is 19.3 Å². The molecular weight excluding hydrogens is 270 g/mol. The summed E-state index contributed by atoms with van der Waals surface area (Å²) in [5.41, 5.74) is 0.361. The van der Waals surface area contributed by atoms with Crippen molar-refractivity contribution in [1.82, 2.24) is 15.5 Å². The minimum absolute atomic E-state index is 0.0150. The van der Waals surface area contributed by atoms with E-state index in [2.05, 4.69) is 15.5 Å². The zero-order chi connectivity index (χ0) is 15.1. The van der Waals surface area contributed by atoms with Gasteiger partial charge in [-0.05, 0) is 50.6 Å². The Morgan fingerprint density at radius 2 is 2.10 bits per heavy atom. The van der Waals surface area contributed by atoms with Gasteiger partial charge in [0.2, 0.25) is 5.91 Å². The van der Waals surface area contributed by atoms with Crippen LogP contribution in [0.4, 0.5) is 0 Å². The van der Waals surface area contributed by atoms with Crippen LogP contribution >= 0.6 is 0 Å². The van der Waals surface area contributed by atoms with E-state index in [-0.39, 0.29) is 12.3 Å². The molecule has 6 nitrogen and oxygen atoms in total. The Morgan fingerprint density at radius 3 is 2.81 bits per heavy atom. The predicted molar refractivity (Wildman–Crippen MR) is 80.1 cm³/mol. The van der Waals surface area contributed by atoms with Gasteiger partial charge in [-0.2, -0.15) is 0 Å². The number of likely N-dealkylation sites (tertiary alicyclic amines) is 1. The van der Waals surface area contributed by atoms with E-state index in [0.29, 0.717) is 24.9 Å². The fraction of sp³-hybridized carbons (Fsp3) is 0.867. The lowest BCUT2D eigenvalue weighted by molar-refractivity contribution is -0.137. The Balaban J connectivity index is 1.69. The third-order valence-corrected chi connectivity index (χ3v) is 4.56. The monoisotopic (exact) mass is 297 g/mol. The molecule has 1 unspecified atom stereocenters. The first-order chi connectivity index (χ1) is 10.1. The first-order valence-corrected chi connectivity index (χ1v) is 8.01. The van der Waals surface area contributed by atoms with Gasteiger partial charge < -0.3 is 15.7 Å². The maximum atomic E-state index is 11.9. The SMILES string of the molecule is O=C(O)CCCNC(=O)CN1CCCC2(CCCNC2)C1. The lowest BCUT2D eigenvalue weighted by Crippen LogP contribution is -2.52. The van der Waals surface area contributed by atoms with Gasteiger partial charge in [-0.25, -0.2) is 0 Å². The van der Waals surface area contributed by atoms with Crippen molar-refractivity contribution in [3.8, 4) is 0 Å². The number of carboxylic acids is 1. The Morgan fingerprint density at radius 1 is 1.29 bits per heavy atom. The fourth-order valence-corrected chi connectivity index (χ4v) is 3.55. The van der Waals surface area contributed by atoms with Crippen molar-refractivity contribution in [3.05, 3.63) is 0 Å². The van der Waals surface area contributed by atoms with Crippen LogP contribution in [0.3, 0.4) is 0 Å². The van der Waals surface area contributed by atoms with E-state index >= 15 is 0 Å². The van der Waals surface area contributed by atoms with Crippen LogP contribution in [0.1, 0.15) is 38.5 Å². The number of carbonyl (C=O) groups is 2. The van der Waals surface area contributed by atoms with Gasteiger partial charge in [0.15, 0.2) is 0 Å². The highest BCUT2D eigenvalue weighted by Crippen LogP contribution is 2.35. The zero-order valence-corrected chi connectivity index (χ0v) is 12.7. The van der Waals surface area contributed by atoms with Gasteiger partial charge in [-0.15, -0.1) is 0 Å². The average Bonchev–Trinajstić information content (AvgIpc) is 2.44. The maximum Gasteiger partial charge on any atom is 0.303 e. The number of rotatable bonds is 6. The topological polar surface area (TPSA) is 81.7 Å². The number of carboxylic acid groups (broad SMARTS) is 1. The fourth-order valence-electron chi connectivity index (χ4n) is 3.55. The third kappa shape index (κ3) is 5.28. The second-order valence-corrected chi connectivity index (χ2v) is 6.44. The number of piperidine rings is 2. The standard InChI is InChI=1S/C15H27N3O3/c19-13(17-8-1-4-14(20)21)10-18-9-3-6-15(12-18)5-2-7-16-11-15/h16H,1-12H2,(H,17,19)(H,20,21). The number of hydrogen-bond donors (Lipinski definition) is 3. The highest BCUT2D eigenvalue weighted by molar-refractivity contribution is 5.78. The van der Waals surface area contributed by atoms with Crippen LogP contribution in [0.5, 0.6) is 0 Å².